The number of nitrogens with zero attached hydrogens (tertiary/aromatic N) is 1. The van der Waals surface area contributed by atoms with Crippen molar-refractivity contribution in [2.45, 2.75) is 6.54 Å². The lowest BCUT2D eigenvalue weighted by Gasteiger charge is -2.26. The van der Waals surface area contributed by atoms with Crippen LogP contribution in [-0.2, 0) is 20.8 Å². The van der Waals surface area contributed by atoms with Crippen molar-refractivity contribution in [1.29, 1.82) is 0 Å². The van der Waals surface area contributed by atoms with Gasteiger partial charge in [0.1, 0.15) is 6.61 Å². The van der Waals surface area contributed by atoms with Crippen molar-refractivity contribution in [3.05, 3.63) is 29.8 Å². The molecule has 1 aliphatic heterocycles. The van der Waals surface area contributed by atoms with Crippen LogP contribution >= 0.6 is 0 Å². The van der Waals surface area contributed by atoms with Crippen LogP contribution < -0.4 is 5.32 Å². The van der Waals surface area contributed by atoms with Crippen LogP contribution in [0.2, 0.25) is 0 Å². The molecule has 104 valence electrons. The normalized spacial score (nSPS) is 16.3. The van der Waals surface area contributed by atoms with Crippen molar-refractivity contribution < 1.29 is 14.3 Å². The van der Waals surface area contributed by atoms with Gasteiger partial charge in [-0.2, -0.15) is 0 Å². The van der Waals surface area contributed by atoms with Crippen LogP contribution in [0, 0.1) is 0 Å². The summed E-state index contributed by atoms with van der Waals surface area (Å²) in [4.78, 5) is 13.7. The summed E-state index contributed by atoms with van der Waals surface area (Å²) in [7, 11) is 1.50. The Labute approximate surface area is 113 Å². The van der Waals surface area contributed by atoms with Crippen LogP contribution in [0.15, 0.2) is 24.3 Å². The second-order valence-corrected chi connectivity index (χ2v) is 4.57. The third-order valence-electron chi connectivity index (χ3n) is 3.02. The lowest BCUT2D eigenvalue weighted by Crippen LogP contribution is -2.35. The fourth-order valence-electron chi connectivity index (χ4n) is 2.04. The van der Waals surface area contributed by atoms with E-state index in [1.807, 2.05) is 24.3 Å². The maximum Gasteiger partial charge on any atom is 0.250 e. The molecular formula is C14H20N2O3. The SMILES string of the molecule is COCC(=O)Nc1ccc(CN2CCOCC2)cc1. The summed E-state index contributed by atoms with van der Waals surface area (Å²) in [6.45, 7) is 4.58. The summed E-state index contributed by atoms with van der Waals surface area (Å²) < 4.78 is 10.1. The number of amides is 1. The van der Waals surface area contributed by atoms with Crippen molar-refractivity contribution in [3.63, 3.8) is 0 Å². The highest BCUT2D eigenvalue weighted by Gasteiger charge is 2.10. The first-order valence-electron chi connectivity index (χ1n) is 6.46. The molecule has 0 atom stereocenters. The molecule has 1 aromatic rings. The number of methoxy groups -OCH3 is 1. The third kappa shape index (κ3) is 4.63. The van der Waals surface area contributed by atoms with Gasteiger partial charge in [0.25, 0.3) is 0 Å². The van der Waals surface area contributed by atoms with Gasteiger partial charge in [-0.25, -0.2) is 0 Å². The molecule has 0 bridgehead atoms. The Hall–Kier alpha value is -1.43. The third-order valence-corrected chi connectivity index (χ3v) is 3.02. The number of hydrogen-bond donors (Lipinski definition) is 1. The number of ether oxygens (including phenoxy) is 2. The van der Waals surface area contributed by atoms with E-state index in [4.69, 9.17) is 9.47 Å². The molecule has 1 saturated heterocycles. The largest absolute Gasteiger partial charge is 0.379 e. The smallest absolute Gasteiger partial charge is 0.250 e. The molecule has 5 nitrogen and oxygen atoms in total. The Morgan fingerprint density at radius 1 is 1.32 bits per heavy atom. The zero-order chi connectivity index (χ0) is 13.5. The minimum Gasteiger partial charge on any atom is -0.379 e. The molecule has 0 saturated carbocycles. The van der Waals surface area contributed by atoms with E-state index < -0.39 is 0 Å². The molecule has 1 aliphatic rings. The molecule has 1 aromatic carbocycles. The Balaban J connectivity index is 1.85. The van der Waals surface area contributed by atoms with Crippen molar-refractivity contribution in [3.8, 4) is 0 Å². The molecule has 2 rings (SSSR count). The van der Waals surface area contributed by atoms with Crippen LogP contribution in [0.1, 0.15) is 5.56 Å². The van der Waals surface area contributed by atoms with E-state index >= 15 is 0 Å². The minimum atomic E-state index is -0.136. The van der Waals surface area contributed by atoms with E-state index in [0.29, 0.717) is 0 Å². The molecule has 1 fully saturated rings. The summed E-state index contributed by atoms with van der Waals surface area (Å²) >= 11 is 0. The molecule has 0 radical (unpaired) electrons. The highest BCUT2D eigenvalue weighted by Crippen LogP contribution is 2.12. The molecule has 1 amide bonds. The number of rotatable bonds is 5. The monoisotopic (exact) mass is 264 g/mol. The van der Waals surface area contributed by atoms with Gasteiger partial charge in [-0.1, -0.05) is 12.1 Å². The van der Waals surface area contributed by atoms with Crippen LogP contribution in [0.5, 0.6) is 0 Å². The molecule has 0 aromatic heterocycles. The van der Waals surface area contributed by atoms with Gasteiger partial charge in [-0.15, -0.1) is 0 Å². The first kappa shape index (κ1) is 14.0. The molecule has 0 spiro atoms. The molecular weight excluding hydrogens is 244 g/mol. The van der Waals surface area contributed by atoms with Crippen molar-refractivity contribution >= 4 is 11.6 Å². The number of carbonyl (C=O) groups excluding carboxylic acids is 1. The van der Waals surface area contributed by atoms with Gasteiger partial charge < -0.3 is 14.8 Å². The second-order valence-electron chi connectivity index (χ2n) is 4.57. The Morgan fingerprint density at radius 2 is 2.00 bits per heavy atom. The Bertz CT molecular complexity index is 400. The first-order chi connectivity index (χ1) is 9.28. The van der Waals surface area contributed by atoms with E-state index in [0.717, 1.165) is 38.5 Å². The van der Waals surface area contributed by atoms with Gasteiger partial charge in [-0.3, -0.25) is 9.69 Å². The fourth-order valence-corrected chi connectivity index (χ4v) is 2.04. The average Bonchev–Trinajstić information content (AvgIpc) is 2.42. The van der Waals surface area contributed by atoms with Crippen LogP contribution in [0.4, 0.5) is 5.69 Å². The minimum absolute atomic E-state index is 0.0789. The summed E-state index contributed by atoms with van der Waals surface area (Å²) in [5, 5.41) is 2.78. The summed E-state index contributed by atoms with van der Waals surface area (Å²) in [6, 6.07) is 7.92. The van der Waals surface area contributed by atoms with E-state index in [-0.39, 0.29) is 12.5 Å². The number of carbonyl (C=O) groups is 1. The zero-order valence-electron chi connectivity index (χ0n) is 11.2. The predicted octanol–water partition coefficient (Wildman–Crippen LogP) is 1.10. The van der Waals surface area contributed by atoms with Gasteiger partial charge in [0.15, 0.2) is 0 Å². The van der Waals surface area contributed by atoms with Gasteiger partial charge in [0.05, 0.1) is 13.2 Å². The molecule has 19 heavy (non-hydrogen) atoms. The summed E-state index contributed by atoms with van der Waals surface area (Å²) in [5.41, 5.74) is 2.04. The molecule has 0 aliphatic carbocycles. The van der Waals surface area contributed by atoms with Gasteiger partial charge in [0, 0.05) is 32.4 Å². The lowest BCUT2D eigenvalue weighted by molar-refractivity contribution is -0.119. The molecule has 1 heterocycles. The van der Waals surface area contributed by atoms with E-state index in [2.05, 4.69) is 10.2 Å². The standard InChI is InChI=1S/C14H20N2O3/c1-18-11-14(17)15-13-4-2-12(3-5-13)10-16-6-8-19-9-7-16/h2-5H,6-11H2,1H3,(H,15,17). The molecule has 5 heteroatoms. The first-order valence-corrected chi connectivity index (χ1v) is 6.46. The van der Waals surface area contributed by atoms with Crippen molar-refractivity contribution in [2.24, 2.45) is 0 Å². The Morgan fingerprint density at radius 3 is 2.63 bits per heavy atom. The summed E-state index contributed by atoms with van der Waals surface area (Å²) in [6.07, 6.45) is 0. The van der Waals surface area contributed by atoms with Gasteiger partial charge in [-0.05, 0) is 17.7 Å². The predicted molar refractivity (Wildman–Crippen MR) is 73.0 cm³/mol. The number of morpholine rings is 1. The van der Waals surface area contributed by atoms with Gasteiger partial charge in [0.2, 0.25) is 5.91 Å². The average molecular weight is 264 g/mol. The number of benzene rings is 1. The maximum atomic E-state index is 11.4. The van der Waals surface area contributed by atoms with Crippen LogP contribution in [0.3, 0.4) is 0 Å². The fraction of sp³-hybridized carbons (Fsp3) is 0.500. The van der Waals surface area contributed by atoms with Crippen LogP contribution in [0.25, 0.3) is 0 Å². The highest BCUT2D eigenvalue weighted by molar-refractivity contribution is 5.91. The molecule has 0 unspecified atom stereocenters. The van der Waals surface area contributed by atoms with Gasteiger partial charge >= 0.3 is 0 Å². The zero-order valence-corrected chi connectivity index (χ0v) is 11.2. The second kappa shape index (κ2) is 7.23. The number of anilines is 1. The topological polar surface area (TPSA) is 50.8 Å². The van der Waals surface area contributed by atoms with Crippen LogP contribution in [-0.4, -0.2) is 50.8 Å². The molecule has 1 N–H and O–H groups in total. The number of nitrogens with one attached hydrogen (secondary N) is 1. The van der Waals surface area contributed by atoms with E-state index in [1.54, 1.807) is 0 Å². The van der Waals surface area contributed by atoms with Crippen molar-refractivity contribution in [1.82, 2.24) is 4.90 Å². The maximum absolute atomic E-state index is 11.4. The quantitative estimate of drug-likeness (QED) is 0.865. The number of hydrogen-bond acceptors (Lipinski definition) is 4. The lowest BCUT2D eigenvalue weighted by atomic mass is 10.2. The highest BCUT2D eigenvalue weighted by atomic mass is 16.5. The van der Waals surface area contributed by atoms with Crippen molar-refractivity contribution in [2.75, 3.05) is 45.3 Å². The van der Waals surface area contributed by atoms with E-state index in [9.17, 15) is 4.79 Å². The summed E-state index contributed by atoms with van der Waals surface area (Å²) in [5.74, 6) is -0.136. The Kier molecular flexibility index (Phi) is 5.32. The van der Waals surface area contributed by atoms with E-state index in [1.165, 1.54) is 12.7 Å².